The second kappa shape index (κ2) is 9.94. The summed E-state index contributed by atoms with van der Waals surface area (Å²) >= 11 is 1.55. The molecule has 188 valence electrons. The van der Waals surface area contributed by atoms with Crippen LogP contribution in [0.15, 0.2) is 64.5 Å². The van der Waals surface area contributed by atoms with E-state index in [9.17, 15) is 9.59 Å². The van der Waals surface area contributed by atoms with E-state index in [2.05, 4.69) is 11.2 Å². The highest BCUT2D eigenvalue weighted by Gasteiger charge is 2.31. The maximum Gasteiger partial charge on any atom is 0.277 e. The molecule has 4 heterocycles. The molecule has 2 aromatic carbocycles. The lowest BCUT2D eigenvalue weighted by molar-refractivity contribution is 0.0711. The fourth-order valence-corrected chi connectivity index (χ4v) is 6.33. The minimum Gasteiger partial charge on any atom is -0.360 e. The third kappa shape index (κ3) is 4.46. The lowest BCUT2D eigenvalue weighted by atomic mass is 9.96. The minimum absolute atomic E-state index is 0.0290. The predicted molar refractivity (Wildman–Crippen MR) is 143 cm³/mol. The van der Waals surface area contributed by atoms with Crippen molar-refractivity contribution in [1.82, 2.24) is 15.0 Å². The van der Waals surface area contributed by atoms with Gasteiger partial charge in [-0.25, -0.2) is 4.98 Å². The molecule has 2 aliphatic rings. The average Bonchev–Trinajstić information content (AvgIpc) is 3.60. The zero-order chi connectivity index (χ0) is 25.4. The Morgan fingerprint density at radius 2 is 1.73 bits per heavy atom. The number of para-hydroxylation sites is 1. The van der Waals surface area contributed by atoms with Crippen molar-refractivity contribution >= 4 is 28.8 Å². The molecule has 2 amide bonds. The number of benzene rings is 2. The Labute approximate surface area is 219 Å². The topological polar surface area (TPSA) is 79.5 Å². The molecule has 1 saturated heterocycles. The van der Waals surface area contributed by atoms with Crippen molar-refractivity contribution in [2.45, 2.75) is 38.5 Å². The highest BCUT2D eigenvalue weighted by Crippen LogP contribution is 2.34. The molecular weight excluding hydrogens is 484 g/mol. The van der Waals surface area contributed by atoms with Gasteiger partial charge in [0.05, 0.1) is 5.01 Å². The van der Waals surface area contributed by atoms with Crippen molar-refractivity contribution in [2.24, 2.45) is 0 Å². The molecule has 6 rings (SSSR count). The van der Waals surface area contributed by atoms with Crippen LogP contribution in [0.4, 0.5) is 5.69 Å². The van der Waals surface area contributed by atoms with Gasteiger partial charge >= 0.3 is 0 Å². The first-order chi connectivity index (χ1) is 18.1. The van der Waals surface area contributed by atoms with E-state index in [-0.39, 0.29) is 17.7 Å². The Bertz CT molecular complexity index is 1440. The van der Waals surface area contributed by atoms with E-state index in [4.69, 9.17) is 9.51 Å². The molecule has 0 radical (unpaired) electrons. The summed E-state index contributed by atoms with van der Waals surface area (Å²) < 4.78 is 5.41. The standard InChI is InChI=1S/C29H28N4O3S/c1-19-25(26(31-36-19)21-9-3-2-4-10-21)29(35)32-16-13-22(14-17-32)27-30-23(18-37-27)28(34)33-15-7-11-20-8-5-6-12-24(20)33/h2-6,8-10,12,18,22H,7,11,13-17H2,1H3. The summed E-state index contributed by atoms with van der Waals surface area (Å²) in [6, 6.07) is 17.8. The molecule has 37 heavy (non-hydrogen) atoms. The fraction of sp³-hybridized carbons (Fsp3) is 0.310. The van der Waals surface area contributed by atoms with Crippen molar-refractivity contribution in [2.75, 3.05) is 24.5 Å². The number of aryl methyl sites for hydroxylation is 2. The van der Waals surface area contributed by atoms with Gasteiger partial charge in [0, 0.05) is 42.2 Å². The smallest absolute Gasteiger partial charge is 0.277 e. The van der Waals surface area contributed by atoms with Crippen LogP contribution in [-0.4, -0.2) is 46.5 Å². The Morgan fingerprint density at radius 1 is 0.973 bits per heavy atom. The summed E-state index contributed by atoms with van der Waals surface area (Å²) in [4.78, 5) is 35.3. The molecule has 0 spiro atoms. The van der Waals surface area contributed by atoms with E-state index in [1.165, 1.54) is 5.56 Å². The Kier molecular flexibility index (Phi) is 6.34. The first-order valence-electron chi connectivity index (χ1n) is 12.8. The van der Waals surface area contributed by atoms with Gasteiger partial charge in [-0.2, -0.15) is 0 Å². The molecule has 2 aromatic heterocycles. The van der Waals surface area contributed by atoms with Gasteiger partial charge in [-0.1, -0.05) is 53.7 Å². The van der Waals surface area contributed by atoms with Crippen LogP contribution in [-0.2, 0) is 6.42 Å². The van der Waals surface area contributed by atoms with Crippen molar-refractivity contribution in [3.05, 3.63) is 87.6 Å². The van der Waals surface area contributed by atoms with Crippen LogP contribution in [0.1, 0.15) is 62.4 Å². The van der Waals surface area contributed by atoms with Crippen LogP contribution < -0.4 is 4.90 Å². The van der Waals surface area contributed by atoms with Gasteiger partial charge in [0.2, 0.25) is 0 Å². The number of amides is 2. The van der Waals surface area contributed by atoms with Crippen molar-refractivity contribution in [3.63, 3.8) is 0 Å². The van der Waals surface area contributed by atoms with Gasteiger partial charge in [0.1, 0.15) is 22.7 Å². The van der Waals surface area contributed by atoms with Crippen LogP contribution in [0.3, 0.4) is 0 Å². The Hall–Kier alpha value is -3.78. The molecule has 0 unspecified atom stereocenters. The first kappa shape index (κ1) is 23.6. The molecule has 0 atom stereocenters. The number of carbonyl (C=O) groups is 2. The SMILES string of the molecule is Cc1onc(-c2ccccc2)c1C(=O)N1CCC(c2nc(C(=O)N3CCCc4ccccc43)cs2)CC1. The number of thiazole rings is 1. The molecule has 2 aliphatic heterocycles. The number of anilines is 1. The summed E-state index contributed by atoms with van der Waals surface area (Å²) in [5.74, 6) is 0.697. The lowest BCUT2D eigenvalue weighted by Gasteiger charge is -2.31. The lowest BCUT2D eigenvalue weighted by Crippen LogP contribution is -2.38. The summed E-state index contributed by atoms with van der Waals surface area (Å²) in [6.07, 6.45) is 3.58. The number of hydrogen-bond donors (Lipinski definition) is 0. The van der Waals surface area contributed by atoms with Crippen molar-refractivity contribution in [1.29, 1.82) is 0 Å². The quantitative estimate of drug-likeness (QED) is 0.349. The van der Waals surface area contributed by atoms with E-state index in [1.54, 1.807) is 18.3 Å². The number of fused-ring (bicyclic) bond motifs is 1. The van der Waals surface area contributed by atoms with Gasteiger partial charge in [-0.15, -0.1) is 11.3 Å². The number of piperidine rings is 1. The van der Waals surface area contributed by atoms with Crippen LogP contribution in [0.2, 0.25) is 0 Å². The molecule has 0 saturated carbocycles. The van der Waals surface area contributed by atoms with Gasteiger partial charge in [0.15, 0.2) is 0 Å². The first-order valence-corrected chi connectivity index (χ1v) is 13.6. The maximum atomic E-state index is 13.5. The molecule has 0 N–H and O–H groups in total. The minimum atomic E-state index is -0.0465. The van der Waals surface area contributed by atoms with Crippen LogP contribution >= 0.6 is 11.3 Å². The van der Waals surface area contributed by atoms with Crippen LogP contribution in [0.25, 0.3) is 11.3 Å². The average molecular weight is 513 g/mol. The number of rotatable bonds is 4. The van der Waals surface area contributed by atoms with Crippen LogP contribution in [0.5, 0.6) is 0 Å². The highest BCUT2D eigenvalue weighted by molar-refractivity contribution is 7.10. The third-order valence-electron chi connectivity index (χ3n) is 7.35. The number of hydrogen-bond acceptors (Lipinski definition) is 6. The number of carbonyl (C=O) groups excluding carboxylic acids is 2. The molecule has 4 aromatic rings. The summed E-state index contributed by atoms with van der Waals surface area (Å²) in [6.45, 7) is 3.76. The van der Waals surface area contributed by atoms with Crippen molar-refractivity contribution < 1.29 is 14.1 Å². The molecule has 7 nitrogen and oxygen atoms in total. The molecular formula is C29H28N4O3S. The molecule has 0 aliphatic carbocycles. The molecule has 8 heteroatoms. The number of aromatic nitrogens is 2. The number of likely N-dealkylation sites (tertiary alicyclic amines) is 1. The van der Waals surface area contributed by atoms with Gasteiger partial charge in [-0.3, -0.25) is 9.59 Å². The zero-order valence-corrected chi connectivity index (χ0v) is 21.5. The van der Waals surface area contributed by atoms with Gasteiger partial charge in [0.25, 0.3) is 11.8 Å². The summed E-state index contributed by atoms with van der Waals surface area (Å²) in [7, 11) is 0. The monoisotopic (exact) mass is 512 g/mol. The largest absolute Gasteiger partial charge is 0.360 e. The Morgan fingerprint density at radius 3 is 2.54 bits per heavy atom. The van der Waals surface area contributed by atoms with E-state index in [0.29, 0.717) is 35.8 Å². The second-order valence-corrected chi connectivity index (χ2v) is 10.5. The van der Waals surface area contributed by atoms with Gasteiger partial charge in [-0.05, 0) is 44.2 Å². The van der Waals surface area contributed by atoms with Gasteiger partial charge < -0.3 is 14.3 Å². The maximum absolute atomic E-state index is 13.5. The Balaban J connectivity index is 1.13. The zero-order valence-electron chi connectivity index (χ0n) is 20.7. The molecule has 0 bridgehead atoms. The van der Waals surface area contributed by atoms with Crippen molar-refractivity contribution in [3.8, 4) is 11.3 Å². The second-order valence-electron chi connectivity index (χ2n) is 9.65. The van der Waals surface area contributed by atoms with E-state index >= 15 is 0 Å². The van der Waals surface area contributed by atoms with Crippen LogP contribution in [0, 0.1) is 6.92 Å². The third-order valence-corrected chi connectivity index (χ3v) is 8.36. The molecule has 1 fully saturated rings. The van der Waals surface area contributed by atoms with E-state index < -0.39 is 0 Å². The van der Waals surface area contributed by atoms with E-state index in [0.717, 1.165) is 48.5 Å². The number of nitrogens with zero attached hydrogens (tertiary/aromatic N) is 4. The summed E-state index contributed by atoms with van der Waals surface area (Å²) in [5.41, 5.74) is 4.73. The predicted octanol–water partition coefficient (Wildman–Crippen LogP) is 5.72. The summed E-state index contributed by atoms with van der Waals surface area (Å²) in [5, 5.41) is 7.04. The highest BCUT2D eigenvalue weighted by atomic mass is 32.1. The fourth-order valence-electron chi connectivity index (χ4n) is 5.36. The van der Waals surface area contributed by atoms with E-state index in [1.807, 2.05) is 63.7 Å². The normalized spacial score (nSPS) is 16.0.